The summed E-state index contributed by atoms with van der Waals surface area (Å²) in [4.78, 5) is 34.4. The molecule has 4 rings (SSSR count). The normalized spacial score (nSPS) is 11.3. The van der Waals surface area contributed by atoms with E-state index in [2.05, 4.69) is 20.0 Å². The molecular formula is C26H23F3N4O3. The van der Waals surface area contributed by atoms with E-state index in [0.717, 1.165) is 22.7 Å². The lowest BCUT2D eigenvalue weighted by atomic mass is 10.1. The highest BCUT2D eigenvalue weighted by Crippen LogP contribution is 2.20. The van der Waals surface area contributed by atoms with Crippen molar-refractivity contribution in [3.05, 3.63) is 95.8 Å². The molecule has 0 aliphatic rings. The fraction of sp³-hybridized carbons (Fsp3) is 0.192. The highest BCUT2D eigenvalue weighted by atomic mass is 19.4. The van der Waals surface area contributed by atoms with Crippen LogP contribution in [-0.2, 0) is 6.54 Å². The summed E-state index contributed by atoms with van der Waals surface area (Å²) in [6, 6.07) is 19.5. The van der Waals surface area contributed by atoms with E-state index in [0.29, 0.717) is 12.1 Å². The second-order valence-corrected chi connectivity index (χ2v) is 8.01. The van der Waals surface area contributed by atoms with E-state index >= 15 is 0 Å². The smallest absolute Gasteiger partial charge is 0.422 e. The first-order valence-electron chi connectivity index (χ1n) is 11.1. The molecule has 0 aliphatic carbocycles. The van der Waals surface area contributed by atoms with Crippen molar-refractivity contribution >= 4 is 22.7 Å². The van der Waals surface area contributed by atoms with Crippen LogP contribution in [0.15, 0.2) is 79.1 Å². The predicted octanol–water partition coefficient (Wildman–Crippen LogP) is 4.58. The van der Waals surface area contributed by atoms with Crippen LogP contribution in [0, 0.1) is 0 Å². The number of para-hydroxylation sites is 1. The Labute approximate surface area is 204 Å². The molecule has 0 aliphatic heterocycles. The fourth-order valence-corrected chi connectivity index (χ4v) is 3.64. The number of halogens is 3. The number of nitrogens with one attached hydrogen (secondary N) is 2. The summed E-state index contributed by atoms with van der Waals surface area (Å²) in [7, 11) is 0. The first kappa shape index (κ1) is 24.8. The molecule has 0 saturated carbocycles. The van der Waals surface area contributed by atoms with Crippen LogP contribution in [0.3, 0.4) is 0 Å². The highest BCUT2D eigenvalue weighted by Gasteiger charge is 2.28. The first-order valence-corrected chi connectivity index (χ1v) is 11.1. The van der Waals surface area contributed by atoms with Crippen LogP contribution in [0.4, 0.5) is 13.2 Å². The number of fused-ring (bicyclic) bond motifs is 1. The molecule has 0 unspecified atom stereocenters. The highest BCUT2D eigenvalue weighted by molar-refractivity contribution is 6.06. The van der Waals surface area contributed by atoms with Crippen LogP contribution in [-0.4, -0.2) is 52.6 Å². The molecule has 2 N–H and O–H groups in total. The predicted molar refractivity (Wildman–Crippen MR) is 128 cm³/mol. The molecule has 0 bridgehead atoms. The SMILES string of the molecule is O=C(NCCN(Cc1ccccc1)C(=O)c1c[nH]c2ccccc12)c1ccc(OCC(F)(F)F)nc1. The minimum absolute atomic E-state index is 0.159. The minimum atomic E-state index is -4.48. The Kier molecular flexibility index (Phi) is 7.53. The van der Waals surface area contributed by atoms with Crippen molar-refractivity contribution in [1.82, 2.24) is 20.2 Å². The lowest BCUT2D eigenvalue weighted by Crippen LogP contribution is -2.38. The number of hydrogen-bond donors (Lipinski definition) is 2. The van der Waals surface area contributed by atoms with Gasteiger partial charge in [0.25, 0.3) is 11.8 Å². The fourth-order valence-electron chi connectivity index (χ4n) is 3.64. The number of rotatable bonds is 9. The lowest BCUT2D eigenvalue weighted by molar-refractivity contribution is -0.154. The van der Waals surface area contributed by atoms with Crippen LogP contribution >= 0.6 is 0 Å². The number of H-pyrrole nitrogens is 1. The summed E-state index contributed by atoms with van der Waals surface area (Å²) >= 11 is 0. The van der Waals surface area contributed by atoms with Crippen molar-refractivity contribution in [1.29, 1.82) is 0 Å². The summed E-state index contributed by atoms with van der Waals surface area (Å²) in [6.45, 7) is -0.722. The number of carbonyl (C=O) groups is 2. The van der Waals surface area contributed by atoms with Crippen LogP contribution < -0.4 is 10.1 Å². The molecule has 0 fully saturated rings. The number of nitrogens with zero attached hydrogens (tertiary/aromatic N) is 2. The summed E-state index contributed by atoms with van der Waals surface area (Å²) in [5.74, 6) is -0.885. The Morgan fingerprint density at radius 3 is 2.47 bits per heavy atom. The Morgan fingerprint density at radius 1 is 1.00 bits per heavy atom. The summed E-state index contributed by atoms with van der Waals surface area (Å²) in [5, 5.41) is 3.54. The number of hydrogen-bond acceptors (Lipinski definition) is 4. The molecule has 0 atom stereocenters. The van der Waals surface area contributed by atoms with Crippen molar-refractivity contribution in [3.8, 4) is 5.88 Å². The van der Waals surface area contributed by atoms with Gasteiger partial charge < -0.3 is 19.9 Å². The van der Waals surface area contributed by atoms with Gasteiger partial charge in [0.2, 0.25) is 5.88 Å². The molecule has 2 heterocycles. The lowest BCUT2D eigenvalue weighted by Gasteiger charge is -2.23. The number of aromatic amines is 1. The van der Waals surface area contributed by atoms with Gasteiger partial charge in [-0.2, -0.15) is 13.2 Å². The molecule has 2 amide bonds. The quantitative estimate of drug-likeness (QED) is 0.355. The van der Waals surface area contributed by atoms with Gasteiger partial charge in [0.15, 0.2) is 6.61 Å². The van der Waals surface area contributed by atoms with Gasteiger partial charge in [0, 0.05) is 49.0 Å². The second kappa shape index (κ2) is 10.9. The molecule has 0 saturated heterocycles. The second-order valence-electron chi connectivity index (χ2n) is 8.01. The maximum absolute atomic E-state index is 13.4. The molecule has 0 spiro atoms. The zero-order valence-corrected chi connectivity index (χ0v) is 19.1. The van der Waals surface area contributed by atoms with E-state index in [-0.39, 0.29) is 30.4 Å². The Morgan fingerprint density at radius 2 is 1.75 bits per heavy atom. The third-order valence-electron chi connectivity index (χ3n) is 5.37. The van der Waals surface area contributed by atoms with Crippen molar-refractivity contribution < 1.29 is 27.5 Å². The van der Waals surface area contributed by atoms with Gasteiger partial charge in [-0.1, -0.05) is 48.5 Å². The van der Waals surface area contributed by atoms with Crippen molar-refractivity contribution in [2.75, 3.05) is 19.7 Å². The molecule has 0 radical (unpaired) electrons. The van der Waals surface area contributed by atoms with Gasteiger partial charge >= 0.3 is 6.18 Å². The van der Waals surface area contributed by atoms with Crippen molar-refractivity contribution in [2.45, 2.75) is 12.7 Å². The summed E-state index contributed by atoms with van der Waals surface area (Å²) in [6.07, 6.45) is -1.66. The summed E-state index contributed by atoms with van der Waals surface area (Å²) in [5.41, 5.74) is 2.48. The molecule has 4 aromatic rings. The Balaban J connectivity index is 1.41. The van der Waals surface area contributed by atoms with E-state index < -0.39 is 18.7 Å². The monoisotopic (exact) mass is 496 g/mol. The minimum Gasteiger partial charge on any atom is -0.468 e. The number of benzene rings is 2. The maximum Gasteiger partial charge on any atom is 0.422 e. The van der Waals surface area contributed by atoms with Gasteiger partial charge in [0.05, 0.1) is 11.1 Å². The van der Waals surface area contributed by atoms with Crippen LogP contribution in [0.5, 0.6) is 5.88 Å². The number of carbonyl (C=O) groups excluding carboxylic acids is 2. The standard InChI is InChI=1S/C26H23F3N4O3/c27-26(28,29)17-36-23-11-10-19(14-32-23)24(34)30-12-13-33(16-18-6-2-1-3-7-18)25(35)21-15-31-22-9-5-4-8-20(21)22/h1-11,14-15,31H,12-13,16-17H2,(H,30,34). The van der Waals surface area contributed by atoms with E-state index in [1.807, 2.05) is 54.6 Å². The number of ether oxygens (including phenoxy) is 1. The van der Waals surface area contributed by atoms with Gasteiger partial charge in [-0.3, -0.25) is 9.59 Å². The first-order chi connectivity index (χ1) is 17.3. The maximum atomic E-state index is 13.4. The van der Waals surface area contributed by atoms with Gasteiger partial charge in [0.1, 0.15) is 0 Å². The number of alkyl halides is 3. The zero-order chi connectivity index (χ0) is 25.5. The number of amides is 2. The van der Waals surface area contributed by atoms with Crippen LogP contribution in [0.2, 0.25) is 0 Å². The third-order valence-corrected chi connectivity index (χ3v) is 5.37. The van der Waals surface area contributed by atoms with Crippen molar-refractivity contribution in [2.24, 2.45) is 0 Å². The molecule has 7 nitrogen and oxygen atoms in total. The van der Waals surface area contributed by atoms with Crippen molar-refractivity contribution in [3.63, 3.8) is 0 Å². The Hall–Kier alpha value is -4.34. The van der Waals surface area contributed by atoms with Crippen LogP contribution in [0.25, 0.3) is 10.9 Å². The molecule has 2 aromatic carbocycles. The zero-order valence-electron chi connectivity index (χ0n) is 19.1. The average Bonchev–Trinajstić information content (AvgIpc) is 3.31. The average molecular weight is 496 g/mol. The van der Waals surface area contributed by atoms with Crippen LogP contribution in [0.1, 0.15) is 26.3 Å². The molecule has 10 heteroatoms. The third kappa shape index (κ3) is 6.41. The molecular weight excluding hydrogens is 473 g/mol. The van der Waals surface area contributed by atoms with Gasteiger partial charge in [-0.05, 0) is 17.7 Å². The van der Waals surface area contributed by atoms with E-state index in [1.54, 1.807) is 11.1 Å². The number of pyridine rings is 1. The molecule has 36 heavy (non-hydrogen) atoms. The molecule has 186 valence electrons. The van der Waals surface area contributed by atoms with E-state index in [4.69, 9.17) is 0 Å². The number of aromatic nitrogens is 2. The van der Waals surface area contributed by atoms with E-state index in [1.165, 1.54) is 12.1 Å². The topological polar surface area (TPSA) is 87.3 Å². The van der Waals surface area contributed by atoms with E-state index in [9.17, 15) is 22.8 Å². The van der Waals surface area contributed by atoms with Gasteiger partial charge in [-0.15, -0.1) is 0 Å². The largest absolute Gasteiger partial charge is 0.468 e. The molecule has 2 aromatic heterocycles. The van der Waals surface area contributed by atoms with Gasteiger partial charge in [-0.25, -0.2) is 4.98 Å². The Bertz CT molecular complexity index is 1320. The summed E-state index contributed by atoms with van der Waals surface area (Å²) < 4.78 is 41.4.